The number of amides is 2. The van der Waals surface area contributed by atoms with Crippen molar-refractivity contribution in [1.82, 2.24) is 20.0 Å². The van der Waals surface area contributed by atoms with Crippen LogP contribution < -0.4 is 5.32 Å². The molecular formula is C17H30N4O. The fourth-order valence-corrected chi connectivity index (χ4v) is 3.34. The van der Waals surface area contributed by atoms with Crippen LogP contribution in [0, 0.1) is 18.3 Å². The normalized spacial score (nSPS) is 24.0. The van der Waals surface area contributed by atoms with Crippen LogP contribution in [-0.2, 0) is 0 Å². The van der Waals surface area contributed by atoms with Crippen LogP contribution in [-0.4, -0.2) is 79.6 Å². The van der Waals surface area contributed by atoms with E-state index in [1.165, 1.54) is 25.9 Å². The minimum atomic E-state index is 0.0763. The van der Waals surface area contributed by atoms with E-state index in [-0.39, 0.29) is 6.03 Å². The highest BCUT2D eigenvalue weighted by Crippen LogP contribution is 2.15. The Labute approximate surface area is 135 Å². The molecule has 5 heteroatoms. The molecule has 0 aromatic heterocycles. The van der Waals surface area contributed by atoms with Crippen molar-refractivity contribution >= 4 is 6.03 Å². The largest absolute Gasteiger partial charge is 0.338 e. The first-order chi connectivity index (χ1) is 10.7. The fraction of sp³-hybridized carbons (Fsp3) is 0.824. The molecule has 2 aliphatic heterocycles. The number of carbonyl (C=O) groups is 1. The third kappa shape index (κ3) is 5.51. The van der Waals surface area contributed by atoms with Gasteiger partial charge in [0, 0.05) is 39.3 Å². The summed E-state index contributed by atoms with van der Waals surface area (Å²) in [5, 5.41) is 3.05. The van der Waals surface area contributed by atoms with E-state index in [4.69, 9.17) is 6.42 Å². The smallest absolute Gasteiger partial charge is 0.317 e. The van der Waals surface area contributed by atoms with Gasteiger partial charge < -0.3 is 15.1 Å². The number of urea groups is 1. The van der Waals surface area contributed by atoms with E-state index in [1.54, 1.807) is 0 Å². The van der Waals surface area contributed by atoms with Gasteiger partial charge in [0.2, 0.25) is 0 Å². The maximum atomic E-state index is 12.1. The minimum Gasteiger partial charge on any atom is -0.338 e. The van der Waals surface area contributed by atoms with E-state index in [1.807, 2.05) is 4.90 Å². The maximum absolute atomic E-state index is 12.1. The molecule has 1 N–H and O–H groups in total. The van der Waals surface area contributed by atoms with Gasteiger partial charge in [-0.25, -0.2) is 4.79 Å². The van der Waals surface area contributed by atoms with Crippen LogP contribution in [0.3, 0.4) is 0 Å². The Kier molecular flexibility index (Phi) is 7.01. The Balaban J connectivity index is 1.55. The highest BCUT2D eigenvalue weighted by Gasteiger charge is 2.20. The van der Waals surface area contributed by atoms with Gasteiger partial charge in [0.25, 0.3) is 0 Å². The number of carbonyl (C=O) groups excluding carboxylic acids is 1. The average molecular weight is 306 g/mol. The van der Waals surface area contributed by atoms with Crippen molar-refractivity contribution in [2.75, 3.05) is 58.9 Å². The minimum absolute atomic E-state index is 0.0763. The number of terminal acetylenes is 1. The summed E-state index contributed by atoms with van der Waals surface area (Å²) < 4.78 is 0. The molecule has 0 aromatic carbocycles. The summed E-state index contributed by atoms with van der Waals surface area (Å²) in [6, 6.07) is 0.0763. The number of hydrogen-bond donors (Lipinski definition) is 1. The zero-order chi connectivity index (χ0) is 15.8. The van der Waals surface area contributed by atoms with Crippen molar-refractivity contribution in [2.24, 2.45) is 5.92 Å². The van der Waals surface area contributed by atoms with Gasteiger partial charge in [-0.05, 0) is 38.3 Å². The number of nitrogens with one attached hydrogen (secondary N) is 1. The lowest BCUT2D eigenvalue weighted by Gasteiger charge is -2.34. The molecule has 2 heterocycles. The molecule has 0 unspecified atom stereocenters. The van der Waals surface area contributed by atoms with Crippen molar-refractivity contribution in [1.29, 1.82) is 0 Å². The number of likely N-dealkylation sites (tertiary alicyclic amines) is 1. The van der Waals surface area contributed by atoms with Crippen molar-refractivity contribution in [3.05, 3.63) is 0 Å². The Morgan fingerprint density at radius 3 is 2.68 bits per heavy atom. The molecule has 0 aliphatic carbocycles. The van der Waals surface area contributed by atoms with E-state index < -0.39 is 0 Å². The molecule has 124 valence electrons. The van der Waals surface area contributed by atoms with E-state index >= 15 is 0 Å². The quantitative estimate of drug-likeness (QED) is 0.610. The zero-order valence-corrected chi connectivity index (χ0v) is 13.9. The van der Waals surface area contributed by atoms with Crippen LogP contribution in [0.2, 0.25) is 0 Å². The van der Waals surface area contributed by atoms with Crippen molar-refractivity contribution in [3.8, 4) is 12.3 Å². The second kappa shape index (κ2) is 9.02. The van der Waals surface area contributed by atoms with Crippen LogP contribution in [0.4, 0.5) is 4.79 Å². The van der Waals surface area contributed by atoms with Crippen molar-refractivity contribution in [2.45, 2.75) is 26.2 Å². The van der Waals surface area contributed by atoms with Gasteiger partial charge in [-0.15, -0.1) is 6.42 Å². The summed E-state index contributed by atoms with van der Waals surface area (Å²) in [6.45, 7) is 10.6. The summed E-state index contributed by atoms with van der Waals surface area (Å²) in [4.78, 5) is 18.7. The molecule has 1 atom stereocenters. The summed E-state index contributed by atoms with van der Waals surface area (Å²) in [5.41, 5.74) is 0. The molecule has 0 bridgehead atoms. The second-order valence-corrected chi connectivity index (χ2v) is 6.60. The Morgan fingerprint density at radius 2 is 2.00 bits per heavy atom. The maximum Gasteiger partial charge on any atom is 0.317 e. The van der Waals surface area contributed by atoms with Gasteiger partial charge >= 0.3 is 6.03 Å². The zero-order valence-electron chi connectivity index (χ0n) is 13.9. The molecule has 2 rings (SSSR count). The predicted octanol–water partition coefficient (Wildman–Crippen LogP) is 1.07. The summed E-state index contributed by atoms with van der Waals surface area (Å²) in [7, 11) is 0. The lowest BCUT2D eigenvalue weighted by Crippen LogP contribution is -2.52. The first kappa shape index (κ1) is 17.1. The Hall–Kier alpha value is -1.25. The Morgan fingerprint density at radius 1 is 1.23 bits per heavy atom. The van der Waals surface area contributed by atoms with Crippen LogP contribution in [0.1, 0.15) is 26.2 Å². The summed E-state index contributed by atoms with van der Waals surface area (Å²) in [6.07, 6.45) is 9.03. The molecule has 2 saturated heterocycles. The second-order valence-electron chi connectivity index (χ2n) is 6.60. The third-order valence-corrected chi connectivity index (χ3v) is 4.64. The molecule has 5 nitrogen and oxygen atoms in total. The molecule has 0 radical (unpaired) electrons. The van der Waals surface area contributed by atoms with Crippen molar-refractivity contribution in [3.63, 3.8) is 0 Å². The number of rotatable bonds is 5. The molecule has 2 aliphatic rings. The first-order valence-corrected chi connectivity index (χ1v) is 8.60. The third-order valence-electron chi connectivity index (χ3n) is 4.64. The van der Waals surface area contributed by atoms with Gasteiger partial charge in [0.15, 0.2) is 0 Å². The van der Waals surface area contributed by atoms with E-state index in [0.717, 1.165) is 51.6 Å². The van der Waals surface area contributed by atoms with Crippen LogP contribution in [0.15, 0.2) is 0 Å². The van der Waals surface area contributed by atoms with E-state index in [0.29, 0.717) is 6.54 Å². The monoisotopic (exact) mass is 306 g/mol. The topological polar surface area (TPSA) is 38.8 Å². The van der Waals surface area contributed by atoms with Gasteiger partial charge in [-0.2, -0.15) is 0 Å². The molecule has 0 aromatic rings. The number of piperazine rings is 1. The highest BCUT2D eigenvalue weighted by molar-refractivity contribution is 5.74. The van der Waals surface area contributed by atoms with E-state index in [9.17, 15) is 4.79 Å². The summed E-state index contributed by atoms with van der Waals surface area (Å²) >= 11 is 0. The molecule has 2 amide bonds. The number of piperidine rings is 1. The summed E-state index contributed by atoms with van der Waals surface area (Å²) in [5.74, 6) is 3.48. The molecule has 0 spiro atoms. The van der Waals surface area contributed by atoms with Gasteiger partial charge in [0.1, 0.15) is 0 Å². The first-order valence-electron chi connectivity index (χ1n) is 8.60. The van der Waals surface area contributed by atoms with Crippen LogP contribution >= 0.6 is 0 Å². The fourth-order valence-electron chi connectivity index (χ4n) is 3.34. The predicted molar refractivity (Wildman–Crippen MR) is 89.7 cm³/mol. The number of hydrogen-bond acceptors (Lipinski definition) is 3. The molecule has 0 saturated carbocycles. The van der Waals surface area contributed by atoms with Gasteiger partial charge in [-0.3, -0.25) is 4.90 Å². The molecular weight excluding hydrogens is 276 g/mol. The van der Waals surface area contributed by atoms with E-state index in [2.05, 4.69) is 28.0 Å². The molecule has 22 heavy (non-hydrogen) atoms. The Bertz CT molecular complexity index is 385. The van der Waals surface area contributed by atoms with Crippen molar-refractivity contribution < 1.29 is 4.79 Å². The average Bonchev–Trinajstić information content (AvgIpc) is 2.52. The number of nitrogens with zero attached hydrogens (tertiary/aromatic N) is 3. The van der Waals surface area contributed by atoms with Crippen LogP contribution in [0.25, 0.3) is 0 Å². The molecule has 2 fully saturated rings. The van der Waals surface area contributed by atoms with Gasteiger partial charge in [0.05, 0.1) is 6.54 Å². The lowest BCUT2D eigenvalue weighted by molar-refractivity contribution is 0.146. The highest BCUT2D eigenvalue weighted by atomic mass is 16.2. The lowest BCUT2D eigenvalue weighted by atomic mass is 10.0. The SMILES string of the molecule is C#CCN1CCN(C(=O)NCCCN2CCC[C@@H](C)C2)CC1. The standard InChI is InChI=1S/C17H30N4O/c1-3-8-19-11-13-21(14-12-19)17(22)18-7-5-10-20-9-4-6-16(2)15-20/h1,16H,4-15H2,2H3,(H,18,22)/t16-/m1/s1. The van der Waals surface area contributed by atoms with Crippen LogP contribution in [0.5, 0.6) is 0 Å². The van der Waals surface area contributed by atoms with Gasteiger partial charge in [-0.1, -0.05) is 12.8 Å².